The highest BCUT2D eigenvalue weighted by Crippen LogP contribution is 2.29. The first-order chi connectivity index (χ1) is 15.9. The molecule has 0 saturated carbocycles. The van der Waals surface area contributed by atoms with Crippen molar-refractivity contribution in [3.63, 3.8) is 0 Å². The molecule has 0 atom stereocenters. The largest absolute Gasteiger partial charge is 0.497 e. The van der Waals surface area contributed by atoms with Gasteiger partial charge >= 0.3 is 0 Å². The Morgan fingerprint density at radius 2 is 1.91 bits per heavy atom. The van der Waals surface area contributed by atoms with E-state index >= 15 is 0 Å². The molecule has 8 heteroatoms. The van der Waals surface area contributed by atoms with Crippen LogP contribution in [0.15, 0.2) is 58.3 Å². The molecule has 7 nitrogen and oxygen atoms in total. The Kier molecular flexibility index (Phi) is 6.74. The maximum atomic E-state index is 13.1. The van der Waals surface area contributed by atoms with Crippen LogP contribution in [0.5, 0.6) is 5.75 Å². The number of ether oxygens (including phenoxy) is 1. The number of Topliss-reactive ketones (excluding diaryl/α,β-unsaturated/α-hetero) is 1. The molecular weight excluding hydrogens is 436 g/mol. The highest BCUT2D eigenvalue weighted by molar-refractivity contribution is 7.99. The number of nitrogens with zero attached hydrogens (tertiary/aromatic N) is 4. The molecule has 0 unspecified atom stereocenters. The summed E-state index contributed by atoms with van der Waals surface area (Å²) in [5, 5.41) is 9.54. The van der Waals surface area contributed by atoms with E-state index in [9.17, 15) is 4.79 Å². The van der Waals surface area contributed by atoms with Crippen molar-refractivity contribution in [3.8, 4) is 17.1 Å². The second kappa shape index (κ2) is 9.70. The van der Waals surface area contributed by atoms with Crippen LogP contribution in [-0.2, 0) is 6.54 Å². The van der Waals surface area contributed by atoms with E-state index in [0.717, 1.165) is 45.0 Å². The zero-order valence-electron chi connectivity index (χ0n) is 19.5. The summed E-state index contributed by atoms with van der Waals surface area (Å²) < 4.78 is 14.9. The van der Waals surface area contributed by atoms with Crippen molar-refractivity contribution in [1.82, 2.24) is 19.3 Å². The molecule has 3 heterocycles. The molecule has 0 fully saturated rings. The van der Waals surface area contributed by atoms with Gasteiger partial charge in [0.05, 0.1) is 25.7 Å². The highest BCUT2D eigenvalue weighted by Gasteiger charge is 2.21. The smallest absolute Gasteiger partial charge is 0.192 e. The van der Waals surface area contributed by atoms with E-state index in [2.05, 4.69) is 33.2 Å². The summed E-state index contributed by atoms with van der Waals surface area (Å²) >= 11 is 1.42. The van der Waals surface area contributed by atoms with Gasteiger partial charge in [0.2, 0.25) is 0 Å². The van der Waals surface area contributed by atoms with Crippen molar-refractivity contribution in [1.29, 1.82) is 0 Å². The minimum atomic E-state index is 0.0723. The van der Waals surface area contributed by atoms with E-state index in [1.165, 1.54) is 11.8 Å². The van der Waals surface area contributed by atoms with E-state index in [0.29, 0.717) is 12.3 Å². The van der Waals surface area contributed by atoms with E-state index in [4.69, 9.17) is 9.15 Å². The monoisotopic (exact) mass is 464 g/mol. The molecule has 172 valence electrons. The topological polar surface area (TPSA) is 75.1 Å². The lowest BCUT2D eigenvalue weighted by molar-refractivity contribution is 0.102. The first kappa shape index (κ1) is 22.9. The summed E-state index contributed by atoms with van der Waals surface area (Å²) in [6.45, 7) is 8.77. The predicted molar refractivity (Wildman–Crippen MR) is 129 cm³/mol. The van der Waals surface area contributed by atoms with E-state index in [1.54, 1.807) is 13.4 Å². The summed E-state index contributed by atoms with van der Waals surface area (Å²) in [4.78, 5) is 13.1. The third-order valence-corrected chi connectivity index (χ3v) is 6.57. The zero-order chi connectivity index (χ0) is 23.5. The number of carbonyl (C=O) groups is 1. The van der Waals surface area contributed by atoms with Crippen molar-refractivity contribution >= 4 is 17.5 Å². The number of thioether (sulfide) groups is 1. The normalized spacial score (nSPS) is 11.3. The average Bonchev–Trinajstić information content (AvgIpc) is 3.54. The van der Waals surface area contributed by atoms with Gasteiger partial charge in [0, 0.05) is 28.6 Å². The zero-order valence-corrected chi connectivity index (χ0v) is 20.3. The number of methoxy groups -OCH3 is 1. The van der Waals surface area contributed by atoms with Crippen LogP contribution in [0.2, 0.25) is 0 Å². The van der Waals surface area contributed by atoms with Crippen LogP contribution in [0.4, 0.5) is 0 Å². The molecule has 0 aliphatic heterocycles. The third kappa shape index (κ3) is 4.75. The number of aryl methyl sites for hydroxylation is 1. The third-order valence-electron chi connectivity index (χ3n) is 5.63. The molecule has 0 saturated heterocycles. The number of hydrogen-bond donors (Lipinski definition) is 0. The van der Waals surface area contributed by atoms with Gasteiger partial charge in [0.15, 0.2) is 16.8 Å². The second-order valence-corrected chi connectivity index (χ2v) is 9.10. The van der Waals surface area contributed by atoms with Gasteiger partial charge in [-0.2, -0.15) is 0 Å². The number of furan rings is 1. The minimum absolute atomic E-state index is 0.0723. The SMILES string of the molecule is COc1ccc(-c2nnc(SCC(=O)c3cc(C)n(Cc4ccco4)c3C)n2C(C)C)cc1. The summed E-state index contributed by atoms with van der Waals surface area (Å²) in [6.07, 6.45) is 1.66. The van der Waals surface area contributed by atoms with Gasteiger partial charge in [-0.25, -0.2) is 0 Å². The summed E-state index contributed by atoms with van der Waals surface area (Å²) in [6, 6.07) is 13.7. The maximum Gasteiger partial charge on any atom is 0.192 e. The molecule has 0 N–H and O–H groups in total. The number of rotatable bonds is 9. The minimum Gasteiger partial charge on any atom is -0.497 e. The van der Waals surface area contributed by atoms with Crippen LogP contribution in [0, 0.1) is 13.8 Å². The molecule has 0 amide bonds. The van der Waals surface area contributed by atoms with Crippen LogP contribution < -0.4 is 4.74 Å². The van der Waals surface area contributed by atoms with Crippen molar-refractivity contribution in [2.45, 2.75) is 45.4 Å². The van der Waals surface area contributed by atoms with Crippen LogP contribution in [0.25, 0.3) is 11.4 Å². The van der Waals surface area contributed by atoms with Gasteiger partial charge in [-0.3, -0.25) is 9.36 Å². The fourth-order valence-electron chi connectivity index (χ4n) is 3.87. The quantitative estimate of drug-likeness (QED) is 0.238. The van der Waals surface area contributed by atoms with Gasteiger partial charge in [-0.1, -0.05) is 11.8 Å². The second-order valence-electron chi connectivity index (χ2n) is 8.16. The van der Waals surface area contributed by atoms with Crippen molar-refractivity contribution in [2.75, 3.05) is 12.9 Å². The van der Waals surface area contributed by atoms with Gasteiger partial charge in [0.1, 0.15) is 11.5 Å². The number of aromatic nitrogens is 4. The van der Waals surface area contributed by atoms with E-state index in [1.807, 2.05) is 56.3 Å². The molecule has 1 aromatic carbocycles. The lowest BCUT2D eigenvalue weighted by Crippen LogP contribution is -2.09. The number of benzene rings is 1. The van der Waals surface area contributed by atoms with Gasteiger partial charge in [0.25, 0.3) is 0 Å². The Bertz CT molecular complexity index is 1240. The first-order valence-electron chi connectivity index (χ1n) is 10.8. The van der Waals surface area contributed by atoms with Crippen LogP contribution in [-0.4, -0.2) is 38.0 Å². The molecular formula is C25H28N4O3S. The molecule has 0 aliphatic rings. The molecule has 0 bridgehead atoms. The fourth-order valence-corrected chi connectivity index (χ4v) is 4.82. The lowest BCUT2D eigenvalue weighted by atomic mass is 10.2. The Labute approximate surface area is 197 Å². The predicted octanol–water partition coefficient (Wildman–Crippen LogP) is 5.57. The summed E-state index contributed by atoms with van der Waals surface area (Å²) in [5.41, 5.74) is 3.66. The Balaban J connectivity index is 1.52. The number of carbonyl (C=O) groups excluding carboxylic acids is 1. The fraction of sp³-hybridized carbons (Fsp3) is 0.320. The van der Waals surface area contributed by atoms with Crippen LogP contribution in [0.3, 0.4) is 0 Å². The Morgan fingerprint density at radius 3 is 2.55 bits per heavy atom. The van der Waals surface area contributed by atoms with E-state index < -0.39 is 0 Å². The molecule has 4 rings (SSSR count). The van der Waals surface area contributed by atoms with Crippen molar-refractivity contribution in [3.05, 3.63) is 71.4 Å². The van der Waals surface area contributed by atoms with Crippen molar-refractivity contribution in [2.24, 2.45) is 0 Å². The Morgan fingerprint density at radius 1 is 1.15 bits per heavy atom. The summed E-state index contributed by atoms with van der Waals surface area (Å²) in [7, 11) is 1.64. The molecule has 33 heavy (non-hydrogen) atoms. The van der Waals surface area contributed by atoms with Gasteiger partial charge in [-0.05, 0) is 70.2 Å². The van der Waals surface area contributed by atoms with Crippen LogP contribution >= 0.6 is 11.8 Å². The molecule has 0 spiro atoms. The molecule has 4 aromatic rings. The molecule has 0 radical (unpaired) electrons. The first-order valence-corrected chi connectivity index (χ1v) is 11.8. The van der Waals surface area contributed by atoms with E-state index in [-0.39, 0.29) is 11.8 Å². The van der Waals surface area contributed by atoms with Gasteiger partial charge in [-0.15, -0.1) is 10.2 Å². The van der Waals surface area contributed by atoms with Crippen molar-refractivity contribution < 1.29 is 13.9 Å². The maximum absolute atomic E-state index is 13.1. The Hall–Kier alpha value is -3.26. The average molecular weight is 465 g/mol. The number of ketones is 1. The van der Waals surface area contributed by atoms with Gasteiger partial charge < -0.3 is 13.7 Å². The lowest BCUT2D eigenvalue weighted by Gasteiger charge is -2.14. The number of hydrogen-bond acceptors (Lipinski definition) is 6. The molecule has 3 aromatic heterocycles. The standard InChI is InChI=1S/C25H28N4O3S/c1-16(2)29-24(19-8-10-20(31-5)11-9-19)26-27-25(29)33-15-23(30)22-13-17(3)28(18(22)4)14-21-7-6-12-32-21/h6-13,16H,14-15H2,1-5H3. The summed E-state index contributed by atoms with van der Waals surface area (Å²) in [5.74, 6) is 2.79. The molecule has 0 aliphatic carbocycles. The highest BCUT2D eigenvalue weighted by atomic mass is 32.2. The van der Waals surface area contributed by atoms with Crippen LogP contribution in [0.1, 0.15) is 47.4 Å².